The number of allylic oxidation sites excluding steroid dienone is 29. The molecule has 14 aliphatic rings. The molecule has 18 unspecified atom stereocenters. The standard InChI is InChI=1S/C98H104F4N2O2S/c1-9-61-19-41-75(42-20-61)105-77-45-31-67(32-46-77)97(65-27-23-63(24-28-65)95(3,4)5)85-17-13-11-15-79(85)81-49-35-69(55-87(81)97)103(71-39-53-89(99)91(101)57-71)73-37-51-83-84-52-38-74(60-94(84)107-93(83)59-73)104(72-40-54-90(100)92(102)58-72)70-36-50-82-80-16-12-14-18-86(80)98(88(82)56-70,66-29-25-64(26-30-66)96(6,7)8)68-33-47-78(48-34-68)106-76-43-21-62(10-2)22-44-76/h9-13,15-17,19,21,23-27,29-31,33,35-41,43,45-47,49-53,55-56,60-61,65,67-68,71,73,75,78,81,83-84,87,90,92-94H,1-2,14,18,20,22,28,32,34,42,44,48,54,57-59H2,3-8H3. The second-order valence-electron chi connectivity index (χ2n) is 34.7. The lowest BCUT2D eigenvalue weighted by Gasteiger charge is -2.50. The van der Waals surface area contributed by atoms with Crippen molar-refractivity contribution in [1.82, 2.24) is 4.90 Å². The summed E-state index contributed by atoms with van der Waals surface area (Å²) in [5, 5.41) is 0.266. The Labute approximate surface area is 637 Å². The molecule has 18 atom stereocenters. The molecule has 0 radical (unpaired) electrons. The average Bonchev–Trinajstić information content (AvgIpc) is 1.55. The molecule has 0 spiro atoms. The van der Waals surface area contributed by atoms with Gasteiger partial charge in [0.2, 0.25) is 0 Å². The number of thioether (sulfide) groups is 1. The van der Waals surface area contributed by atoms with Crippen LogP contribution in [0.1, 0.15) is 171 Å². The second-order valence-corrected chi connectivity index (χ2v) is 36.1. The summed E-state index contributed by atoms with van der Waals surface area (Å²) in [4.78, 5) is 4.72. The van der Waals surface area contributed by atoms with Gasteiger partial charge in [-0.3, -0.25) is 0 Å². The smallest absolute Gasteiger partial charge is 0.154 e. The molecule has 4 nitrogen and oxygen atoms in total. The number of fused-ring (bicyclic) bond motifs is 8. The van der Waals surface area contributed by atoms with E-state index >= 15 is 17.6 Å². The van der Waals surface area contributed by atoms with Crippen molar-refractivity contribution in [1.29, 1.82) is 0 Å². The molecule has 107 heavy (non-hydrogen) atoms. The first kappa shape index (κ1) is 71.6. The minimum absolute atomic E-state index is 0.00182. The fraction of sp³-hybridized carbons (Fsp3) is 0.408. The summed E-state index contributed by atoms with van der Waals surface area (Å²) in [5.41, 5.74) is 15.9. The Morgan fingerprint density at radius 3 is 2.13 bits per heavy atom. The third kappa shape index (κ3) is 12.9. The van der Waals surface area contributed by atoms with Gasteiger partial charge in [0.15, 0.2) is 5.83 Å². The number of ether oxygens (including phenoxy) is 2. The van der Waals surface area contributed by atoms with Gasteiger partial charge in [-0.15, -0.1) is 18.3 Å². The van der Waals surface area contributed by atoms with Crippen molar-refractivity contribution >= 4 is 23.0 Å². The van der Waals surface area contributed by atoms with Crippen molar-refractivity contribution < 1.29 is 27.0 Å². The summed E-state index contributed by atoms with van der Waals surface area (Å²) < 4.78 is 77.0. The van der Waals surface area contributed by atoms with Gasteiger partial charge in [-0.2, -0.15) is 0 Å². The van der Waals surface area contributed by atoms with Crippen molar-refractivity contribution in [2.45, 2.75) is 201 Å². The zero-order valence-corrected chi connectivity index (χ0v) is 63.9. The molecule has 9 heteroatoms. The number of hydrogen-bond donors (Lipinski definition) is 0. The SMILES string of the molecule is C=CC1=CC=C(OC2C=CC(C3(c4ccc(C(C)(C)C)cc4)C4=C(C=CCC4)c4ccc(N(C5=CC6SC7CC(N(C8=CC9C(C=C8)c8ccccc8C9(C8C=CC(OC9C=CC(C=C)CC9)=CC8)C8C=CC(C(C)(C)C)=CC8)C8C=CC(F)=C(F)C8)C=CC7C6C=C5)C5=CCC(F)C(F)C5)cc43)CC2)CC1. The van der Waals surface area contributed by atoms with Crippen LogP contribution in [0.5, 0.6) is 0 Å². The van der Waals surface area contributed by atoms with E-state index < -0.39 is 35.5 Å². The van der Waals surface area contributed by atoms with E-state index in [0.29, 0.717) is 5.92 Å². The predicted molar refractivity (Wildman–Crippen MR) is 434 cm³/mol. The van der Waals surface area contributed by atoms with Crippen LogP contribution in [0, 0.1) is 46.8 Å². The van der Waals surface area contributed by atoms with Crippen molar-refractivity contribution in [3.8, 4) is 0 Å². The second kappa shape index (κ2) is 28.6. The zero-order valence-electron chi connectivity index (χ0n) is 63.1. The van der Waals surface area contributed by atoms with Crippen LogP contribution in [0.25, 0.3) is 5.57 Å². The van der Waals surface area contributed by atoms with Gasteiger partial charge < -0.3 is 19.3 Å². The van der Waals surface area contributed by atoms with Gasteiger partial charge in [0, 0.05) is 87.7 Å². The van der Waals surface area contributed by atoms with Crippen molar-refractivity contribution in [2.75, 3.05) is 4.90 Å². The molecule has 1 saturated heterocycles. The maximum atomic E-state index is 16.3. The first-order valence-corrected chi connectivity index (χ1v) is 41.0. The van der Waals surface area contributed by atoms with E-state index in [1.54, 1.807) is 0 Å². The van der Waals surface area contributed by atoms with Gasteiger partial charge in [-0.25, -0.2) is 17.6 Å². The van der Waals surface area contributed by atoms with E-state index in [-0.39, 0.29) is 106 Å². The summed E-state index contributed by atoms with van der Waals surface area (Å²) in [7, 11) is 0. The minimum atomic E-state index is -1.64. The number of benzene rings is 3. The Bertz CT molecular complexity index is 4660. The minimum Gasteiger partial charge on any atom is -0.491 e. The van der Waals surface area contributed by atoms with Crippen LogP contribution < -0.4 is 4.90 Å². The van der Waals surface area contributed by atoms with E-state index in [1.807, 2.05) is 36.1 Å². The van der Waals surface area contributed by atoms with Gasteiger partial charge in [0.1, 0.15) is 36.1 Å². The number of anilines is 1. The van der Waals surface area contributed by atoms with Crippen molar-refractivity contribution in [2.24, 2.45) is 46.8 Å². The number of nitrogens with zero attached hydrogens (tertiary/aromatic N) is 2. The molecule has 17 rings (SSSR count). The lowest BCUT2D eigenvalue weighted by atomic mass is 9.54. The molecule has 0 amide bonds. The van der Waals surface area contributed by atoms with Crippen LogP contribution in [-0.2, 0) is 25.7 Å². The fourth-order valence-electron chi connectivity index (χ4n) is 21.2. The summed E-state index contributed by atoms with van der Waals surface area (Å²) in [6, 6.07) is 25.1. The molecular weight excluding hydrogens is 1350 g/mol. The number of alkyl halides is 2. The fourth-order valence-corrected chi connectivity index (χ4v) is 23.1. The largest absolute Gasteiger partial charge is 0.491 e. The third-order valence-corrected chi connectivity index (χ3v) is 28.3. The number of hydrogen-bond acceptors (Lipinski definition) is 5. The van der Waals surface area contributed by atoms with Crippen molar-refractivity contribution in [3.05, 3.63) is 334 Å². The molecule has 1 fully saturated rings. The maximum Gasteiger partial charge on any atom is 0.154 e. The predicted octanol–water partition coefficient (Wildman–Crippen LogP) is 24.6. The molecule has 3 aromatic rings. The van der Waals surface area contributed by atoms with Crippen molar-refractivity contribution in [3.63, 3.8) is 0 Å². The average molecular weight is 1450 g/mol. The van der Waals surface area contributed by atoms with E-state index in [2.05, 4.69) is 265 Å². The van der Waals surface area contributed by atoms with Crippen LogP contribution in [0.4, 0.5) is 23.2 Å². The molecule has 13 aliphatic carbocycles. The Hall–Kier alpha value is -8.27. The Balaban J connectivity index is 0.709. The van der Waals surface area contributed by atoms with Gasteiger partial charge in [-0.05, 0) is 233 Å². The highest BCUT2D eigenvalue weighted by atomic mass is 32.2. The summed E-state index contributed by atoms with van der Waals surface area (Å²) in [5.74, 6) is 1.72. The Kier molecular flexibility index (Phi) is 19.2. The molecule has 1 aliphatic heterocycles. The molecule has 0 bridgehead atoms. The lowest BCUT2D eigenvalue weighted by molar-refractivity contribution is 0.123. The monoisotopic (exact) mass is 1450 g/mol. The highest BCUT2D eigenvalue weighted by Crippen LogP contribution is 2.65. The number of rotatable bonds is 16. The van der Waals surface area contributed by atoms with Crippen LogP contribution in [0.15, 0.2) is 301 Å². The highest BCUT2D eigenvalue weighted by Gasteiger charge is 2.59. The van der Waals surface area contributed by atoms with Crippen LogP contribution in [-0.4, -0.2) is 52.0 Å². The van der Waals surface area contributed by atoms with E-state index in [9.17, 15) is 0 Å². The van der Waals surface area contributed by atoms with Gasteiger partial charge in [-0.1, -0.05) is 212 Å². The van der Waals surface area contributed by atoms with E-state index in [1.165, 1.54) is 61.7 Å². The van der Waals surface area contributed by atoms with E-state index in [0.717, 1.165) is 105 Å². The Morgan fingerprint density at radius 2 is 1.42 bits per heavy atom. The van der Waals surface area contributed by atoms with Crippen LogP contribution >= 0.6 is 11.8 Å². The van der Waals surface area contributed by atoms with Crippen LogP contribution in [0.2, 0.25) is 0 Å². The maximum absolute atomic E-state index is 16.3. The van der Waals surface area contributed by atoms with Gasteiger partial charge >= 0.3 is 0 Å². The normalized spacial score (nSPS) is 34.4. The molecule has 0 aromatic heterocycles. The van der Waals surface area contributed by atoms with Crippen LogP contribution in [0.3, 0.4) is 0 Å². The first-order chi connectivity index (χ1) is 51.8. The molecule has 3 aromatic carbocycles. The topological polar surface area (TPSA) is 24.9 Å². The molecular formula is C98H104F4N2O2S. The molecule has 0 saturated carbocycles. The van der Waals surface area contributed by atoms with Gasteiger partial charge in [0.25, 0.3) is 0 Å². The highest BCUT2D eigenvalue weighted by molar-refractivity contribution is 8.01. The lowest BCUT2D eigenvalue weighted by Crippen LogP contribution is -2.48. The molecule has 1 heterocycles. The summed E-state index contributed by atoms with van der Waals surface area (Å²) in [6.45, 7) is 21.8. The summed E-state index contributed by atoms with van der Waals surface area (Å²) >= 11 is 2.01. The molecule has 552 valence electrons. The first-order valence-electron chi connectivity index (χ1n) is 40.1. The summed E-state index contributed by atoms with van der Waals surface area (Å²) in [6.07, 6.45) is 67.6. The van der Waals surface area contributed by atoms with E-state index in [4.69, 9.17) is 9.47 Å². The molecule has 0 N–H and O–H groups in total. The quantitative estimate of drug-likeness (QED) is 0.105. The zero-order chi connectivity index (χ0) is 73.7. The third-order valence-electron chi connectivity index (χ3n) is 26.7. The Morgan fingerprint density at radius 1 is 0.626 bits per heavy atom. The number of halogens is 4. The van der Waals surface area contributed by atoms with Gasteiger partial charge in [0.05, 0.1) is 11.8 Å².